The molecule has 1 atom stereocenters. The molecule has 3 aliphatic carbocycles. The quantitative estimate of drug-likeness (QED) is 0.108. The summed E-state index contributed by atoms with van der Waals surface area (Å²) in [5, 5.41) is 5.08. The van der Waals surface area contributed by atoms with Crippen LogP contribution in [0.2, 0.25) is 0 Å². The van der Waals surface area contributed by atoms with Gasteiger partial charge in [-0.05, 0) is 167 Å². The van der Waals surface area contributed by atoms with Crippen LogP contribution in [0.4, 0.5) is 0 Å². The lowest BCUT2D eigenvalue weighted by Crippen LogP contribution is -2.00. The molecule has 0 amide bonds. The minimum atomic E-state index is 0.358. The Bertz CT molecular complexity index is 2870. The first-order valence-corrected chi connectivity index (χ1v) is 23.6. The third kappa shape index (κ3) is 10.8. The molecule has 0 radical (unpaired) electrons. The van der Waals surface area contributed by atoms with E-state index in [0.717, 1.165) is 32.1 Å². The summed E-state index contributed by atoms with van der Waals surface area (Å²) < 4.78 is 0. The van der Waals surface area contributed by atoms with E-state index in [4.69, 9.17) is 0 Å². The van der Waals surface area contributed by atoms with Crippen molar-refractivity contribution >= 4 is 32.7 Å². The molecular formula is C64H66. The van der Waals surface area contributed by atoms with Crippen molar-refractivity contribution in [2.45, 2.75) is 87.5 Å². The highest BCUT2D eigenvalue weighted by molar-refractivity contribution is 6.18. The highest BCUT2D eigenvalue weighted by Crippen LogP contribution is 2.44. The Morgan fingerprint density at radius 3 is 2.02 bits per heavy atom. The Kier molecular flexibility index (Phi) is 15.5. The molecule has 5 aromatic carbocycles. The van der Waals surface area contributed by atoms with Crippen LogP contribution in [0, 0.1) is 5.92 Å². The number of hydrogen-bond acceptors (Lipinski definition) is 0. The molecule has 3 aliphatic rings. The van der Waals surface area contributed by atoms with Gasteiger partial charge in [0, 0.05) is 0 Å². The number of rotatable bonds is 8. The van der Waals surface area contributed by atoms with Gasteiger partial charge in [0.15, 0.2) is 0 Å². The first-order valence-electron chi connectivity index (χ1n) is 23.6. The maximum absolute atomic E-state index is 2.51. The van der Waals surface area contributed by atoms with Gasteiger partial charge in [0.05, 0.1) is 0 Å². The lowest BCUT2D eigenvalue weighted by Gasteiger charge is -2.21. The molecule has 0 aromatic heterocycles. The predicted octanol–water partition coefficient (Wildman–Crippen LogP) is 19.0. The smallest absolute Gasteiger partial charge is 0.00264 e. The molecule has 0 heterocycles. The van der Waals surface area contributed by atoms with Gasteiger partial charge in [0.1, 0.15) is 0 Å². The van der Waals surface area contributed by atoms with E-state index in [1.54, 1.807) is 0 Å². The maximum atomic E-state index is 2.51. The van der Waals surface area contributed by atoms with Crippen molar-refractivity contribution in [1.29, 1.82) is 0 Å². The van der Waals surface area contributed by atoms with E-state index in [1.165, 1.54) is 105 Å². The summed E-state index contributed by atoms with van der Waals surface area (Å²) >= 11 is 0. The van der Waals surface area contributed by atoms with Crippen LogP contribution in [-0.2, 0) is 0 Å². The van der Waals surface area contributed by atoms with Crippen LogP contribution in [0.1, 0.15) is 98.6 Å². The highest BCUT2D eigenvalue weighted by atomic mass is 14.2. The Morgan fingerprint density at radius 2 is 1.25 bits per heavy atom. The molecule has 64 heavy (non-hydrogen) atoms. The minimum absolute atomic E-state index is 0.358. The van der Waals surface area contributed by atoms with Crippen LogP contribution in [0.5, 0.6) is 0 Å². The summed E-state index contributed by atoms with van der Waals surface area (Å²) in [6.45, 7) is 17.6. The number of benzene rings is 5. The van der Waals surface area contributed by atoms with Crippen molar-refractivity contribution in [2.75, 3.05) is 0 Å². The molecule has 8 rings (SSSR count). The lowest BCUT2D eigenvalue weighted by molar-refractivity contribution is 0.743. The second-order valence-corrected chi connectivity index (χ2v) is 17.6. The summed E-state index contributed by atoms with van der Waals surface area (Å²) in [7, 11) is 0. The molecule has 0 heteroatoms. The second-order valence-electron chi connectivity index (χ2n) is 17.6. The van der Waals surface area contributed by atoms with E-state index in [2.05, 4.69) is 230 Å². The molecule has 0 aliphatic heterocycles. The molecule has 0 fully saturated rings. The standard InChI is InChI=1S/C62H60.C2H6/c1-43(2)40-54(31-28-46(5)48-20-15-14-18-44(3)26-29-48)61-57-24-16-17-25-58(57)62(55-37-36-52(30-27-45(4)41-55)56-23-13-8-7-10-19-47(56)6)60-42-53(38-39-59(60)61)51-34-32-50(33-35-51)49-21-11-9-12-22-49;1-2/h7-9,11-18,20-25,28,30-42,45H,10,19,26-27,29H2,1-6H3;1-2H3/b8-7-,15-14-,23-13-,37-36-,44-18?,46-28+,48-20+,52-30-,54-31+,55-41+,56-47?;. The first-order chi connectivity index (χ1) is 31.2. The largest absolute Gasteiger partial charge is 0.0842 e. The molecule has 5 aromatic rings. The maximum Gasteiger partial charge on any atom is -0.00264 e. The molecular weight excluding hydrogens is 769 g/mol. The Morgan fingerprint density at radius 1 is 0.594 bits per heavy atom. The molecule has 0 saturated carbocycles. The van der Waals surface area contributed by atoms with Crippen LogP contribution < -0.4 is 0 Å². The van der Waals surface area contributed by atoms with Gasteiger partial charge in [-0.1, -0.05) is 220 Å². The lowest BCUT2D eigenvalue weighted by atomic mass is 9.82. The highest BCUT2D eigenvalue weighted by Gasteiger charge is 2.20. The van der Waals surface area contributed by atoms with Crippen molar-refractivity contribution < 1.29 is 0 Å². The second kappa shape index (κ2) is 21.7. The Labute approximate surface area is 384 Å². The number of hydrogen-bond donors (Lipinski definition) is 0. The van der Waals surface area contributed by atoms with Gasteiger partial charge in [-0.2, -0.15) is 0 Å². The van der Waals surface area contributed by atoms with Crippen LogP contribution in [0.15, 0.2) is 227 Å². The minimum Gasteiger partial charge on any atom is -0.0842 e. The SMILES string of the molecule is CC.CC(C)=C\C(=C/C=C(C)/C1=C/C=C\C=C(C)CC1)c1c2ccccc2c(C2=C/C(C)C/C=C(C3=C(C)CC/C=C\C=C/3)/C=C\2)c2cc(-c3ccc(-c4ccccc4)cc3)ccc12. The van der Waals surface area contributed by atoms with Gasteiger partial charge in [0.25, 0.3) is 0 Å². The van der Waals surface area contributed by atoms with E-state index in [1.807, 2.05) is 13.8 Å². The Hall–Kier alpha value is -6.50. The molecule has 0 nitrogen and oxygen atoms in total. The fourth-order valence-electron chi connectivity index (χ4n) is 9.12. The van der Waals surface area contributed by atoms with Gasteiger partial charge in [-0.25, -0.2) is 0 Å². The molecule has 322 valence electrons. The Balaban J connectivity index is 0.00000302. The summed E-state index contributed by atoms with van der Waals surface area (Å²) in [5.74, 6) is 0.358. The van der Waals surface area contributed by atoms with E-state index in [0.29, 0.717) is 5.92 Å². The van der Waals surface area contributed by atoms with Gasteiger partial charge in [0.2, 0.25) is 0 Å². The number of fused-ring (bicyclic) bond motifs is 2. The van der Waals surface area contributed by atoms with Crippen LogP contribution in [0.3, 0.4) is 0 Å². The van der Waals surface area contributed by atoms with E-state index >= 15 is 0 Å². The third-order valence-electron chi connectivity index (χ3n) is 12.6. The van der Waals surface area contributed by atoms with Gasteiger partial charge in [-0.15, -0.1) is 0 Å². The van der Waals surface area contributed by atoms with Crippen LogP contribution >= 0.6 is 0 Å². The zero-order valence-electron chi connectivity index (χ0n) is 39.5. The van der Waals surface area contributed by atoms with E-state index < -0.39 is 0 Å². The monoisotopic (exact) mass is 835 g/mol. The summed E-state index contributed by atoms with van der Waals surface area (Å²) in [6, 6.07) is 36.1. The van der Waals surface area contributed by atoms with E-state index in [9.17, 15) is 0 Å². The first kappa shape index (κ1) is 45.5. The van der Waals surface area contributed by atoms with E-state index in [-0.39, 0.29) is 0 Å². The molecule has 0 saturated heterocycles. The molecule has 1 unspecified atom stereocenters. The molecule has 0 N–H and O–H groups in total. The fourth-order valence-corrected chi connectivity index (χ4v) is 9.12. The van der Waals surface area contributed by atoms with Crippen LogP contribution in [-0.4, -0.2) is 0 Å². The van der Waals surface area contributed by atoms with Gasteiger partial charge < -0.3 is 0 Å². The summed E-state index contributed by atoms with van der Waals surface area (Å²) in [4.78, 5) is 0. The van der Waals surface area contributed by atoms with Crippen molar-refractivity contribution in [1.82, 2.24) is 0 Å². The number of allylic oxidation sites excluding steroid dienone is 24. The molecule has 0 bridgehead atoms. The topological polar surface area (TPSA) is 0 Å². The molecule has 0 spiro atoms. The predicted molar refractivity (Wildman–Crippen MR) is 284 cm³/mol. The van der Waals surface area contributed by atoms with Gasteiger partial charge in [-0.3, -0.25) is 0 Å². The zero-order chi connectivity index (χ0) is 45.0. The van der Waals surface area contributed by atoms with Crippen molar-refractivity contribution in [3.8, 4) is 22.3 Å². The summed E-state index contributed by atoms with van der Waals surface area (Å²) in [6.07, 6.45) is 39.9. The van der Waals surface area contributed by atoms with Gasteiger partial charge >= 0.3 is 0 Å². The third-order valence-corrected chi connectivity index (χ3v) is 12.6. The average Bonchev–Trinajstić information content (AvgIpc) is 3.29. The van der Waals surface area contributed by atoms with Crippen molar-refractivity contribution in [3.05, 3.63) is 238 Å². The van der Waals surface area contributed by atoms with Crippen molar-refractivity contribution in [3.63, 3.8) is 0 Å². The van der Waals surface area contributed by atoms with Crippen molar-refractivity contribution in [2.24, 2.45) is 5.92 Å². The summed E-state index contributed by atoms with van der Waals surface area (Å²) in [5.41, 5.74) is 19.5. The fraction of sp³-hybridized carbons (Fsp3) is 0.219. The zero-order valence-corrected chi connectivity index (χ0v) is 39.5. The average molecular weight is 835 g/mol. The normalized spacial score (nSPS) is 21.6. The van der Waals surface area contributed by atoms with Crippen LogP contribution in [0.25, 0.3) is 54.9 Å².